The summed E-state index contributed by atoms with van der Waals surface area (Å²) in [5.74, 6) is 0. The van der Waals surface area contributed by atoms with Crippen LogP contribution in [0, 0.1) is 5.41 Å². The van der Waals surface area contributed by atoms with Crippen molar-refractivity contribution in [2.75, 3.05) is 26.8 Å². The summed E-state index contributed by atoms with van der Waals surface area (Å²) in [4.78, 5) is 0. The Balaban J connectivity index is 1.93. The fourth-order valence-corrected chi connectivity index (χ4v) is 1.70. The van der Waals surface area contributed by atoms with Gasteiger partial charge in [-0.25, -0.2) is 0 Å². The van der Waals surface area contributed by atoms with Gasteiger partial charge in [-0.1, -0.05) is 13.3 Å². The predicted molar refractivity (Wildman–Crippen MR) is 55.9 cm³/mol. The molecule has 1 saturated carbocycles. The molecular weight excluding hydrogens is 162 g/mol. The summed E-state index contributed by atoms with van der Waals surface area (Å²) in [6, 6.07) is 0. The molecule has 13 heavy (non-hydrogen) atoms. The van der Waals surface area contributed by atoms with Gasteiger partial charge in [0.2, 0.25) is 0 Å². The lowest BCUT2D eigenvalue weighted by Crippen LogP contribution is -2.21. The molecule has 0 heterocycles. The predicted octanol–water partition coefficient (Wildman–Crippen LogP) is 2.19. The Morgan fingerprint density at radius 3 is 2.62 bits per heavy atom. The van der Waals surface area contributed by atoms with Crippen molar-refractivity contribution in [3.8, 4) is 0 Å². The zero-order valence-electron chi connectivity index (χ0n) is 9.07. The summed E-state index contributed by atoms with van der Waals surface area (Å²) >= 11 is 0. The van der Waals surface area contributed by atoms with Gasteiger partial charge in [0.1, 0.15) is 0 Å². The Hall–Kier alpha value is -0.0800. The van der Waals surface area contributed by atoms with Crippen LogP contribution in [0.25, 0.3) is 0 Å². The molecule has 0 unspecified atom stereocenters. The number of unbranched alkanes of at least 4 members (excludes halogenated alkanes) is 1. The third-order valence-electron chi connectivity index (χ3n) is 2.93. The first-order chi connectivity index (χ1) is 6.33. The molecule has 1 aliphatic rings. The van der Waals surface area contributed by atoms with Gasteiger partial charge in [0, 0.05) is 19.8 Å². The first kappa shape index (κ1) is 11.0. The van der Waals surface area contributed by atoms with Gasteiger partial charge in [-0.05, 0) is 38.1 Å². The molecular formula is C11H23NO. The molecule has 0 bridgehead atoms. The van der Waals surface area contributed by atoms with E-state index < -0.39 is 0 Å². The number of hydrogen-bond acceptors (Lipinski definition) is 2. The zero-order chi connectivity index (χ0) is 9.57. The van der Waals surface area contributed by atoms with Gasteiger partial charge >= 0.3 is 0 Å². The normalized spacial score (nSPS) is 18.9. The number of nitrogens with one attached hydrogen (secondary N) is 1. The second-order valence-electron chi connectivity index (χ2n) is 4.25. The van der Waals surface area contributed by atoms with Crippen LogP contribution in [-0.2, 0) is 4.74 Å². The summed E-state index contributed by atoms with van der Waals surface area (Å²) in [6.45, 7) is 5.28. The van der Waals surface area contributed by atoms with E-state index in [2.05, 4.69) is 12.2 Å². The summed E-state index contributed by atoms with van der Waals surface area (Å²) in [6.07, 6.45) is 6.48. The summed E-state index contributed by atoms with van der Waals surface area (Å²) < 4.78 is 5.57. The average Bonchev–Trinajstić information content (AvgIpc) is 2.86. The number of ether oxygens (including phenoxy) is 1. The van der Waals surface area contributed by atoms with Gasteiger partial charge in [0.25, 0.3) is 0 Å². The molecule has 1 rings (SSSR count). The molecule has 0 aromatic heterocycles. The van der Waals surface area contributed by atoms with Gasteiger partial charge in [0.05, 0.1) is 0 Å². The summed E-state index contributed by atoms with van der Waals surface area (Å²) in [5.41, 5.74) is 0.612. The van der Waals surface area contributed by atoms with Crippen molar-refractivity contribution in [3.05, 3.63) is 0 Å². The molecule has 0 amide bonds. The maximum Gasteiger partial charge on any atom is 0.0471 e. The van der Waals surface area contributed by atoms with Crippen LogP contribution in [-0.4, -0.2) is 26.8 Å². The minimum atomic E-state index is 0.612. The lowest BCUT2D eigenvalue weighted by atomic mass is 10.0. The van der Waals surface area contributed by atoms with Crippen molar-refractivity contribution in [2.45, 2.75) is 39.0 Å². The van der Waals surface area contributed by atoms with Crippen molar-refractivity contribution < 1.29 is 4.74 Å². The molecule has 0 aromatic rings. The van der Waals surface area contributed by atoms with E-state index in [4.69, 9.17) is 4.74 Å². The van der Waals surface area contributed by atoms with Crippen molar-refractivity contribution in [3.63, 3.8) is 0 Å². The van der Waals surface area contributed by atoms with E-state index in [1.807, 2.05) is 7.05 Å². The van der Waals surface area contributed by atoms with E-state index in [1.165, 1.54) is 38.6 Å². The largest absolute Gasteiger partial charge is 0.381 e. The highest BCUT2D eigenvalue weighted by atomic mass is 16.5. The van der Waals surface area contributed by atoms with Crippen LogP contribution in [0.1, 0.15) is 39.0 Å². The Labute approximate surface area is 82.0 Å². The maximum absolute atomic E-state index is 5.57. The molecule has 1 N–H and O–H groups in total. The van der Waals surface area contributed by atoms with Crippen LogP contribution < -0.4 is 5.32 Å². The van der Waals surface area contributed by atoms with Crippen LogP contribution in [0.3, 0.4) is 0 Å². The molecule has 0 spiro atoms. The molecule has 0 radical (unpaired) electrons. The van der Waals surface area contributed by atoms with Crippen LogP contribution in [0.5, 0.6) is 0 Å². The van der Waals surface area contributed by atoms with Crippen molar-refractivity contribution in [2.24, 2.45) is 5.41 Å². The van der Waals surface area contributed by atoms with E-state index in [0.29, 0.717) is 5.41 Å². The Bertz CT molecular complexity index is 132. The highest BCUT2D eigenvalue weighted by Gasteiger charge is 2.40. The summed E-state index contributed by atoms with van der Waals surface area (Å²) in [5, 5.41) is 3.27. The first-order valence-electron chi connectivity index (χ1n) is 5.55. The molecule has 2 heteroatoms. The standard InChI is InChI=1S/C11H23NO/c1-3-4-8-13-9-7-11(5-6-11)10-12-2/h12H,3-10H2,1-2H3. The third kappa shape index (κ3) is 4.10. The second-order valence-corrected chi connectivity index (χ2v) is 4.25. The molecule has 0 saturated heterocycles. The third-order valence-corrected chi connectivity index (χ3v) is 2.93. The average molecular weight is 185 g/mol. The van der Waals surface area contributed by atoms with Gasteiger partial charge in [0.15, 0.2) is 0 Å². The van der Waals surface area contributed by atoms with Crippen LogP contribution >= 0.6 is 0 Å². The SMILES string of the molecule is CCCCOCCC1(CNC)CC1. The van der Waals surface area contributed by atoms with Gasteiger partial charge < -0.3 is 10.1 Å². The zero-order valence-corrected chi connectivity index (χ0v) is 9.07. The van der Waals surface area contributed by atoms with Gasteiger partial charge in [-0.2, -0.15) is 0 Å². The molecule has 1 aliphatic carbocycles. The van der Waals surface area contributed by atoms with Crippen LogP contribution in [0.2, 0.25) is 0 Å². The fraction of sp³-hybridized carbons (Fsp3) is 1.00. The molecule has 1 fully saturated rings. The second kappa shape index (κ2) is 5.61. The summed E-state index contributed by atoms with van der Waals surface area (Å²) in [7, 11) is 2.04. The van der Waals surface area contributed by atoms with Crippen LogP contribution in [0.15, 0.2) is 0 Å². The number of rotatable bonds is 8. The Morgan fingerprint density at radius 2 is 2.08 bits per heavy atom. The Kier molecular flexibility index (Phi) is 4.74. The minimum Gasteiger partial charge on any atom is -0.381 e. The quantitative estimate of drug-likeness (QED) is 0.585. The molecule has 2 nitrogen and oxygen atoms in total. The van der Waals surface area contributed by atoms with Crippen LogP contribution in [0.4, 0.5) is 0 Å². The molecule has 0 aromatic carbocycles. The number of hydrogen-bond donors (Lipinski definition) is 1. The first-order valence-corrected chi connectivity index (χ1v) is 5.55. The van der Waals surface area contributed by atoms with E-state index in [0.717, 1.165) is 13.2 Å². The molecule has 0 atom stereocenters. The van der Waals surface area contributed by atoms with Crippen molar-refractivity contribution >= 4 is 0 Å². The lowest BCUT2D eigenvalue weighted by molar-refractivity contribution is 0.114. The highest BCUT2D eigenvalue weighted by Crippen LogP contribution is 2.47. The molecule has 78 valence electrons. The van der Waals surface area contributed by atoms with Crippen molar-refractivity contribution in [1.82, 2.24) is 5.32 Å². The van der Waals surface area contributed by atoms with E-state index in [1.54, 1.807) is 0 Å². The smallest absolute Gasteiger partial charge is 0.0471 e. The van der Waals surface area contributed by atoms with Gasteiger partial charge in [-0.3, -0.25) is 0 Å². The van der Waals surface area contributed by atoms with Crippen molar-refractivity contribution in [1.29, 1.82) is 0 Å². The van der Waals surface area contributed by atoms with E-state index in [9.17, 15) is 0 Å². The molecule has 0 aliphatic heterocycles. The van der Waals surface area contributed by atoms with Gasteiger partial charge in [-0.15, -0.1) is 0 Å². The highest BCUT2D eigenvalue weighted by molar-refractivity contribution is 4.94. The topological polar surface area (TPSA) is 21.3 Å². The Morgan fingerprint density at radius 1 is 1.31 bits per heavy atom. The monoisotopic (exact) mass is 185 g/mol. The fourth-order valence-electron chi connectivity index (χ4n) is 1.70. The van der Waals surface area contributed by atoms with E-state index in [-0.39, 0.29) is 0 Å². The minimum absolute atomic E-state index is 0.612. The van der Waals surface area contributed by atoms with E-state index >= 15 is 0 Å². The lowest BCUT2D eigenvalue weighted by Gasteiger charge is -2.13. The maximum atomic E-state index is 5.57.